The van der Waals surface area contributed by atoms with Crippen LogP contribution in [0.3, 0.4) is 0 Å². The highest BCUT2D eigenvalue weighted by molar-refractivity contribution is 7.13. The van der Waals surface area contributed by atoms with Crippen molar-refractivity contribution in [3.63, 3.8) is 0 Å². The number of carbonyl (C=O) groups is 2. The zero-order valence-electron chi connectivity index (χ0n) is 15.2. The summed E-state index contributed by atoms with van der Waals surface area (Å²) in [4.78, 5) is 28.3. The fourth-order valence-electron chi connectivity index (χ4n) is 3.40. The van der Waals surface area contributed by atoms with Crippen molar-refractivity contribution < 1.29 is 9.59 Å². The molecule has 0 atom stereocenters. The smallest absolute Gasteiger partial charge is 0.227 e. The number of aryl methyl sites for hydroxylation is 1. The van der Waals surface area contributed by atoms with Crippen LogP contribution in [0.15, 0.2) is 47.8 Å². The van der Waals surface area contributed by atoms with Crippen LogP contribution < -0.4 is 10.6 Å². The Bertz CT molecular complexity index is 1080. The molecule has 1 aliphatic carbocycles. The first-order chi connectivity index (χ1) is 13.7. The minimum atomic E-state index is 0.0739. The molecule has 1 fully saturated rings. The normalized spacial score (nSPS) is 15.6. The van der Waals surface area contributed by atoms with Gasteiger partial charge >= 0.3 is 0 Å². The van der Waals surface area contributed by atoms with Crippen LogP contribution in [0, 0.1) is 5.92 Å². The number of thiazole rings is 1. The molecule has 0 saturated heterocycles. The molecule has 2 N–H and O–H groups in total. The minimum absolute atomic E-state index is 0.0739. The van der Waals surface area contributed by atoms with Crippen LogP contribution in [0.1, 0.15) is 24.8 Å². The van der Waals surface area contributed by atoms with E-state index in [1.165, 1.54) is 0 Å². The highest BCUT2D eigenvalue weighted by Crippen LogP contribution is 2.34. The molecule has 140 valence electrons. The Hall–Kier alpha value is -2.99. The summed E-state index contributed by atoms with van der Waals surface area (Å²) in [5.74, 6) is 0.367. The number of hydrogen-bond acceptors (Lipinski definition) is 4. The molecule has 2 heterocycles. The molecule has 0 radical (unpaired) electrons. The van der Waals surface area contributed by atoms with Crippen molar-refractivity contribution in [1.29, 1.82) is 0 Å². The van der Waals surface area contributed by atoms with E-state index >= 15 is 0 Å². The molecule has 1 aromatic heterocycles. The monoisotopic (exact) mass is 389 g/mol. The van der Waals surface area contributed by atoms with Crippen LogP contribution in [-0.2, 0) is 16.0 Å². The molecule has 2 aromatic carbocycles. The molecule has 0 spiro atoms. The number of anilines is 2. The van der Waals surface area contributed by atoms with Crippen molar-refractivity contribution in [1.82, 2.24) is 4.98 Å². The third kappa shape index (κ3) is 3.43. The summed E-state index contributed by atoms with van der Waals surface area (Å²) in [6.07, 6.45) is 3.27. The number of aromatic nitrogens is 1. The van der Waals surface area contributed by atoms with Gasteiger partial charge in [-0.25, -0.2) is 4.98 Å². The van der Waals surface area contributed by atoms with Crippen molar-refractivity contribution >= 4 is 34.5 Å². The lowest BCUT2D eigenvalue weighted by atomic mass is 9.99. The molecule has 5 rings (SSSR count). The summed E-state index contributed by atoms with van der Waals surface area (Å²) in [5, 5.41) is 8.88. The van der Waals surface area contributed by atoms with Crippen LogP contribution in [0.25, 0.3) is 21.8 Å². The molecule has 1 saturated carbocycles. The van der Waals surface area contributed by atoms with Crippen LogP contribution in [0.5, 0.6) is 0 Å². The topological polar surface area (TPSA) is 71.1 Å². The summed E-state index contributed by atoms with van der Waals surface area (Å²) in [5.41, 5.74) is 5.83. The van der Waals surface area contributed by atoms with E-state index in [4.69, 9.17) is 4.98 Å². The maximum absolute atomic E-state index is 12.0. The second-order valence-corrected chi connectivity index (χ2v) is 8.16. The number of nitrogens with one attached hydrogen (secondary N) is 2. The summed E-state index contributed by atoms with van der Waals surface area (Å²) in [6, 6.07) is 13.9. The van der Waals surface area contributed by atoms with Crippen molar-refractivity contribution in [2.24, 2.45) is 5.92 Å². The minimum Gasteiger partial charge on any atom is -0.326 e. The second-order valence-electron chi connectivity index (χ2n) is 7.30. The van der Waals surface area contributed by atoms with Crippen LogP contribution in [0.2, 0.25) is 0 Å². The molecular weight excluding hydrogens is 370 g/mol. The molecule has 0 bridgehead atoms. The third-order valence-electron chi connectivity index (χ3n) is 5.13. The molecule has 2 amide bonds. The van der Waals surface area contributed by atoms with Crippen molar-refractivity contribution in [3.05, 3.63) is 53.4 Å². The van der Waals surface area contributed by atoms with Gasteiger partial charge in [-0.2, -0.15) is 0 Å². The lowest BCUT2D eigenvalue weighted by molar-refractivity contribution is -0.117. The lowest BCUT2D eigenvalue weighted by Crippen LogP contribution is -2.18. The number of carbonyl (C=O) groups excluding carboxylic acids is 2. The quantitative estimate of drug-likeness (QED) is 0.679. The predicted octanol–water partition coefficient (Wildman–Crippen LogP) is 4.71. The fraction of sp³-hybridized carbons (Fsp3) is 0.227. The fourth-order valence-corrected chi connectivity index (χ4v) is 4.23. The molecule has 2 aliphatic rings. The van der Waals surface area contributed by atoms with Gasteiger partial charge in [0.25, 0.3) is 0 Å². The van der Waals surface area contributed by atoms with E-state index in [0.29, 0.717) is 6.42 Å². The average molecular weight is 389 g/mol. The van der Waals surface area contributed by atoms with Gasteiger partial charge in [0.05, 0.1) is 5.69 Å². The van der Waals surface area contributed by atoms with E-state index in [0.717, 1.165) is 58.0 Å². The molecule has 3 aromatic rings. The maximum atomic E-state index is 12.0. The first kappa shape index (κ1) is 17.1. The average Bonchev–Trinajstić information content (AvgIpc) is 3.45. The number of fused-ring (bicyclic) bond motifs is 1. The Morgan fingerprint density at radius 2 is 2.00 bits per heavy atom. The van der Waals surface area contributed by atoms with Crippen LogP contribution >= 0.6 is 11.3 Å². The first-order valence-electron chi connectivity index (χ1n) is 9.46. The Labute approximate surface area is 166 Å². The molecule has 5 nitrogen and oxygen atoms in total. The standard InChI is InChI=1S/C22H19N3O2S/c26-20-9-7-14-10-15(6-8-18(14)24-20)19-12-28-22(25-19)16-2-1-3-17(11-16)23-21(27)13-4-5-13/h1-3,6,8,10-13H,4-5,7,9H2,(H,23,27)(H,24,26). The zero-order valence-corrected chi connectivity index (χ0v) is 16.0. The van der Waals surface area contributed by atoms with Gasteiger partial charge < -0.3 is 10.6 Å². The van der Waals surface area contributed by atoms with Gasteiger partial charge in [0.1, 0.15) is 5.01 Å². The number of amides is 2. The lowest BCUT2D eigenvalue weighted by Gasteiger charge is -2.17. The first-order valence-corrected chi connectivity index (χ1v) is 10.3. The number of hydrogen-bond donors (Lipinski definition) is 2. The Morgan fingerprint density at radius 3 is 2.86 bits per heavy atom. The predicted molar refractivity (Wildman–Crippen MR) is 111 cm³/mol. The molecule has 6 heteroatoms. The third-order valence-corrected chi connectivity index (χ3v) is 6.02. The van der Waals surface area contributed by atoms with Gasteiger partial charge in [0.15, 0.2) is 0 Å². The summed E-state index contributed by atoms with van der Waals surface area (Å²) >= 11 is 1.59. The van der Waals surface area contributed by atoms with Gasteiger partial charge in [-0.05, 0) is 49.1 Å². The van der Waals surface area contributed by atoms with E-state index in [9.17, 15) is 9.59 Å². The summed E-state index contributed by atoms with van der Waals surface area (Å²) < 4.78 is 0. The molecule has 1 aliphatic heterocycles. The van der Waals surface area contributed by atoms with E-state index in [2.05, 4.69) is 16.7 Å². The van der Waals surface area contributed by atoms with Crippen molar-refractivity contribution in [2.75, 3.05) is 10.6 Å². The van der Waals surface area contributed by atoms with E-state index < -0.39 is 0 Å². The Morgan fingerprint density at radius 1 is 1.11 bits per heavy atom. The van der Waals surface area contributed by atoms with Gasteiger partial charge in [-0.1, -0.05) is 18.2 Å². The molecule has 28 heavy (non-hydrogen) atoms. The highest BCUT2D eigenvalue weighted by Gasteiger charge is 2.29. The van der Waals surface area contributed by atoms with E-state index in [1.807, 2.05) is 41.8 Å². The highest BCUT2D eigenvalue weighted by atomic mass is 32.1. The Kier molecular flexibility index (Phi) is 4.20. The van der Waals surface area contributed by atoms with Crippen LogP contribution in [-0.4, -0.2) is 16.8 Å². The number of rotatable bonds is 4. The van der Waals surface area contributed by atoms with E-state index in [1.54, 1.807) is 11.3 Å². The zero-order chi connectivity index (χ0) is 19.1. The SMILES string of the molecule is O=C1CCc2cc(-c3csc(-c4cccc(NC(=O)C5CC5)c4)n3)ccc2N1. The largest absolute Gasteiger partial charge is 0.326 e. The van der Waals surface area contributed by atoms with Crippen molar-refractivity contribution in [2.45, 2.75) is 25.7 Å². The summed E-state index contributed by atoms with van der Waals surface area (Å²) in [6.45, 7) is 0. The van der Waals surface area contributed by atoms with E-state index in [-0.39, 0.29) is 17.7 Å². The van der Waals surface area contributed by atoms with Gasteiger partial charge in [-0.3, -0.25) is 9.59 Å². The maximum Gasteiger partial charge on any atom is 0.227 e. The Balaban J connectivity index is 1.39. The molecule has 0 unspecified atom stereocenters. The van der Waals surface area contributed by atoms with Crippen LogP contribution in [0.4, 0.5) is 11.4 Å². The second kappa shape index (κ2) is 6.87. The van der Waals surface area contributed by atoms with Gasteiger partial charge in [0, 0.05) is 40.2 Å². The van der Waals surface area contributed by atoms with Crippen molar-refractivity contribution in [3.8, 4) is 21.8 Å². The number of nitrogens with zero attached hydrogens (tertiary/aromatic N) is 1. The summed E-state index contributed by atoms with van der Waals surface area (Å²) in [7, 11) is 0. The number of benzene rings is 2. The van der Waals surface area contributed by atoms with Gasteiger partial charge in [0.2, 0.25) is 11.8 Å². The molecular formula is C22H19N3O2S. The van der Waals surface area contributed by atoms with Gasteiger partial charge in [-0.15, -0.1) is 11.3 Å².